The highest BCUT2D eigenvalue weighted by Gasteiger charge is 2.44. The molecular formula is C64H65N3O3S. The number of carboxylic acids is 1. The minimum atomic E-state index is -1.02. The zero-order valence-corrected chi connectivity index (χ0v) is 42.5. The fourth-order valence-corrected chi connectivity index (χ4v) is 12.9. The van der Waals surface area contributed by atoms with E-state index in [2.05, 4.69) is 166 Å². The van der Waals surface area contributed by atoms with Crippen molar-refractivity contribution in [3.8, 4) is 38.4 Å². The zero-order chi connectivity index (χ0) is 49.3. The van der Waals surface area contributed by atoms with Crippen LogP contribution in [0.15, 0.2) is 150 Å². The maximum absolute atomic E-state index is 13.7. The third-order valence-corrected chi connectivity index (χ3v) is 16.6. The first-order valence-electron chi connectivity index (χ1n) is 26.0. The van der Waals surface area contributed by atoms with E-state index < -0.39 is 5.97 Å². The predicted octanol–water partition coefficient (Wildman–Crippen LogP) is 15.6. The Morgan fingerprint density at radius 2 is 1.08 bits per heavy atom. The van der Waals surface area contributed by atoms with E-state index in [4.69, 9.17) is 0 Å². The van der Waals surface area contributed by atoms with Gasteiger partial charge in [0.1, 0.15) is 0 Å². The van der Waals surface area contributed by atoms with Crippen molar-refractivity contribution in [2.24, 2.45) is 0 Å². The number of anilines is 3. The zero-order valence-electron chi connectivity index (χ0n) is 41.7. The van der Waals surface area contributed by atoms with Crippen molar-refractivity contribution in [2.45, 2.75) is 116 Å². The van der Waals surface area contributed by atoms with Gasteiger partial charge in [0.15, 0.2) is 0 Å². The van der Waals surface area contributed by atoms with E-state index >= 15 is 0 Å². The molecule has 71 heavy (non-hydrogen) atoms. The van der Waals surface area contributed by atoms with Crippen molar-refractivity contribution in [2.75, 3.05) is 4.90 Å². The van der Waals surface area contributed by atoms with Crippen LogP contribution in [0.2, 0.25) is 0 Å². The quantitative estimate of drug-likeness (QED) is 0.0846. The molecule has 2 aliphatic rings. The van der Waals surface area contributed by atoms with E-state index in [1.54, 1.807) is 23.5 Å². The maximum Gasteiger partial charge on any atom is 0.335 e. The highest BCUT2D eigenvalue weighted by molar-refractivity contribution is 7.16. The normalized spacial score (nSPS) is 14.0. The number of rotatable bonds is 19. The number of nitrogens with one attached hydrogen (secondary N) is 1. The van der Waals surface area contributed by atoms with Crippen molar-refractivity contribution in [3.63, 3.8) is 0 Å². The van der Waals surface area contributed by atoms with Gasteiger partial charge in [-0.05, 0) is 155 Å². The molecule has 0 bridgehead atoms. The molecule has 2 aliphatic carbocycles. The highest BCUT2D eigenvalue weighted by atomic mass is 32.1. The molecule has 0 amide bonds. The molecule has 0 radical (unpaired) electrons. The van der Waals surface area contributed by atoms with Crippen molar-refractivity contribution in [1.29, 1.82) is 0 Å². The van der Waals surface area contributed by atoms with Crippen LogP contribution in [0.25, 0.3) is 51.0 Å². The Hall–Kier alpha value is -6.96. The lowest BCUT2D eigenvalue weighted by Gasteiger charge is -2.35. The number of hydrogen-bond donors (Lipinski definition) is 2. The summed E-state index contributed by atoms with van der Waals surface area (Å²) in [7, 11) is 0. The Morgan fingerprint density at radius 3 is 1.58 bits per heavy atom. The number of hydrogen-bond acceptors (Lipinski definition) is 4. The smallest absolute Gasteiger partial charge is 0.335 e. The van der Waals surface area contributed by atoms with Gasteiger partial charge in [-0.15, -0.1) is 11.3 Å². The van der Waals surface area contributed by atoms with E-state index in [1.165, 1.54) is 98.4 Å². The monoisotopic (exact) mass is 955 g/mol. The third kappa shape index (κ3) is 8.52. The number of aromatic carboxylic acids is 1. The number of benzene rings is 6. The summed E-state index contributed by atoms with van der Waals surface area (Å²) in [6.45, 7) is 13.4. The number of unbranched alkanes of at least 4 members (excludes halogenated alkanes) is 4. The van der Waals surface area contributed by atoms with Crippen molar-refractivity contribution >= 4 is 47.0 Å². The van der Waals surface area contributed by atoms with Crippen LogP contribution in [0, 0.1) is 0 Å². The Bertz CT molecular complexity index is 3280. The van der Waals surface area contributed by atoms with Crippen molar-refractivity contribution < 1.29 is 9.90 Å². The maximum atomic E-state index is 13.7. The fraction of sp³-hybridized carbons (Fsp3) is 0.281. The average molecular weight is 956 g/mol. The molecule has 360 valence electrons. The molecule has 2 heterocycles. The van der Waals surface area contributed by atoms with E-state index in [-0.39, 0.29) is 22.0 Å². The Kier molecular flexibility index (Phi) is 13.5. The molecule has 8 aromatic rings. The first-order valence-corrected chi connectivity index (χ1v) is 26.8. The van der Waals surface area contributed by atoms with Gasteiger partial charge in [0.2, 0.25) is 0 Å². The molecule has 10 rings (SSSR count). The van der Waals surface area contributed by atoms with Crippen LogP contribution in [-0.2, 0) is 10.8 Å². The lowest BCUT2D eigenvalue weighted by molar-refractivity contribution is 0.0697. The summed E-state index contributed by atoms with van der Waals surface area (Å²) in [6, 6.07) is 52.5. The first kappa shape index (κ1) is 47.7. The van der Waals surface area contributed by atoms with E-state index in [0.29, 0.717) is 16.3 Å². The van der Waals surface area contributed by atoms with Gasteiger partial charge in [-0.2, -0.15) is 0 Å². The topological polar surface area (TPSA) is 78.3 Å². The minimum absolute atomic E-state index is 0.0396. The highest BCUT2D eigenvalue weighted by Crippen LogP contribution is 2.58. The third-order valence-electron chi connectivity index (χ3n) is 15.5. The molecule has 0 unspecified atom stereocenters. The number of fused-ring (bicyclic) bond motifs is 6. The summed E-state index contributed by atoms with van der Waals surface area (Å²) in [5.41, 5.74) is 16.4. The molecule has 0 saturated carbocycles. The van der Waals surface area contributed by atoms with Gasteiger partial charge in [0.25, 0.3) is 5.56 Å². The molecule has 2 aromatic heterocycles. The summed E-state index contributed by atoms with van der Waals surface area (Å²) in [6.07, 6.45) is 15.8. The number of H-pyrrole nitrogens is 1. The number of nitrogens with zero attached hydrogens (tertiary/aromatic N) is 2. The molecule has 0 fully saturated rings. The van der Waals surface area contributed by atoms with E-state index in [0.717, 1.165) is 72.4 Å². The van der Waals surface area contributed by atoms with E-state index in [1.807, 2.05) is 6.08 Å². The SMILES string of the molecule is C=c1[nH]n(-c2ccc(C(=O)O)cc2)c(=O)c1=Cc1ccc(-c2ccc(N(c3ccc4c(c3)C(CCCC)(CCCC)c3ccccc3-4)c3ccc4c(c3)C(CCCC)(CCCC)c3ccccc3-4)cc2)s1. The Balaban J connectivity index is 1.08. The number of carbonyl (C=O) groups is 1. The lowest BCUT2D eigenvalue weighted by Crippen LogP contribution is -2.33. The van der Waals surface area contributed by atoms with Crippen LogP contribution in [0.3, 0.4) is 0 Å². The van der Waals surface area contributed by atoms with Crippen LogP contribution < -0.4 is 21.0 Å². The molecule has 0 spiro atoms. The fourth-order valence-electron chi connectivity index (χ4n) is 11.9. The van der Waals surface area contributed by atoms with Gasteiger partial charge in [0.05, 0.1) is 21.8 Å². The molecular weight excluding hydrogens is 891 g/mol. The summed E-state index contributed by atoms with van der Waals surface area (Å²) in [4.78, 5) is 29.6. The second-order valence-corrected chi connectivity index (χ2v) is 21.0. The van der Waals surface area contributed by atoms with Crippen molar-refractivity contribution in [1.82, 2.24) is 9.78 Å². The largest absolute Gasteiger partial charge is 0.478 e. The number of aromatic nitrogens is 2. The van der Waals surface area contributed by atoms with Gasteiger partial charge in [-0.1, -0.05) is 158 Å². The van der Waals surface area contributed by atoms with Gasteiger partial charge >= 0.3 is 5.97 Å². The molecule has 7 heteroatoms. The second-order valence-electron chi connectivity index (χ2n) is 19.9. The average Bonchev–Trinajstić information content (AvgIpc) is 4.14. The minimum Gasteiger partial charge on any atom is -0.478 e. The van der Waals surface area contributed by atoms with Crippen LogP contribution in [0.5, 0.6) is 0 Å². The summed E-state index contributed by atoms with van der Waals surface area (Å²) < 4.78 is 1.41. The summed E-state index contributed by atoms with van der Waals surface area (Å²) >= 11 is 1.63. The first-order chi connectivity index (χ1) is 34.6. The molecule has 0 saturated heterocycles. The van der Waals surface area contributed by atoms with Gasteiger partial charge in [0, 0.05) is 37.6 Å². The van der Waals surface area contributed by atoms with Crippen LogP contribution in [0.4, 0.5) is 17.1 Å². The Labute approximate surface area is 422 Å². The van der Waals surface area contributed by atoms with Gasteiger partial charge < -0.3 is 10.0 Å². The van der Waals surface area contributed by atoms with Crippen LogP contribution >= 0.6 is 11.3 Å². The van der Waals surface area contributed by atoms with Gasteiger partial charge in [-0.25, -0.2) is 9.48 Å². The summed E-state index contributed by atoms with van der Waals surface area (Å²) in [5.74, 6) is -1.02. The molecule has 6 nitrogen and oxygen atoms in total. The van der Waals surface area contributed by atoms with E-state index in [9.17, 15) is 14.7 Å². The second kappa shape index (κ2) is 20.0. The summed E-state index contributed by atoms with van der Waals surface area (Å²) in [5, 5.41) is 13.4. The van der Waals surface area contributed by atoms with Crippen molar-refractivity contribution in [3.05, 3.63) is 199 Å². The number of carboxylic acid groups (broad SMARTS) is 1. The Morgan fingerprint density at radius 1 is 0.606 bits per heavy atom. The van der Waals surface area contributed by atoms with Crippen LogP contribution in [0.1, 0.15) is 142 Å². The molecule has 0 atom stereocenters. The van der Waals surface area contributed by atoms with Gasteiger partial charge in [-0.3, -0.25) is 9.89 Å². The predicted molar refractivity (Wildman–Crippen MR) is 297 cm³/mol. The molecule has 2 N–H and O–H groups in total. The lowest BCUT2D eigenvalue weighted by atomic mass is 9.70. The molecule has 6 aromatic carbocycles. The standard InChI is InChI=1S/C64H65N3O3S/c1-6-10-36-63(37-11-7-2)56-20-16-14-18-51(56)53-33-30-48(40-58(53)63)66(49-31-34-54-52-19-15-17-21-57(52)64(38-12-8-3,39-13-9-4)59(54)41-49)46-26-22-44(23-27-46)60-35-32-50(71-60)42-55-43(5)65-67(61(55)68)47-28-24-45(25-29-47)62(69)70/h14-35,40-42,65H,5-13,36-39H2,1-4H3,(H,69,70). The van der Waals surface area contributed by atoms with Crippen LogP contribution in [-0.4, -0.2) is 20.9 Å². The number of aromatic amines is 1. The number of thiophene rings is 1. The molecule has 0 aliphatic heterocycles.